The van der Waals surface area contributed by atoms with E-state index in [1.807, 2.05) is 0 Å². The molecule has 0 amide bonds. The molecule has 1 heterocycles. The van der Waals surface area contributed by atoms with Gasteiger partial charge in [0, 0.05) is 5.39 Å². The highest BCUT2D eigenvalue weighted by atomic mass is 19.1. The first-order valence-corrected chi connectivity index (χ1v) is 4.12. The number of fused-ring (bicyclic) bond motifs is 1. The second kappa shape index (κ2) is 2.85. The maximum atomic E-state index is 13.1. The zero-order valence-corrected chi connectivity index (χ0v) is 7.25. The Morgan fingerprint density at radius 2 is 2.23 bits per heavy atom. The van der Waals surface area contributed by atoms with Crippen molar-refractivity contribution >= 4 is 11.0 Å². The van der Waals surface area contributed by atoms with Crippen molar-refractivity contribution in [2.24, 2.45) is 5.73 Å². The number of hydrogen-bond donors (Lipinski definition) is 1. The van der Waals surface area contributed by atoms with Gasteiger partial charge in [-0.1, -0.05) is 12.1 Å². The van der Waals surface area contributed by atoms with Crippen molar-refractivity contribution in [1.29, 1.82) is 0 Å². The first-order chi connectivity index (χ1) is 6.18. The van der Waals surface area contributed by atoms with Gasteiger partial charge >= 0.3 is 0 Å². The van der Waals surface area contributed by atoms with Crippen LogP contribution in [0.1, 0.15) is 18.7 Å². The van der Waals surface area contributed by atoms with Crippen molar-refractivity contribution in [2.75, 3.05) is 0 Å². The van der Waals surface area contributed by atoms with Crippen LogP contribution in [0, 0.1) is 5.82 Å². The Balaban J connectivity index is 2.68. The zero-order valence-electron chi connectivity index (χ0n) is 7.25. The minimum Gasteiger partial charge on any atom is -0.456 e. The topological polar surface area (TPSA) is 39.2 Å². The average molecular weight is 179 g/mol. The SMILES string of the molecule is CC(N)c1cc2cccc(F)c2o1. The van der Waals surface area contributed by atoms with Gasteiger partial charge in [0.25, 0.3) is 0 Å². The van der Waals surface area contributed by atoms with Crippen LogP contribution in [0.4, 0.5) is 4.39 Å². The minimum absolute atomic E-state index is 0.202. The van der Waals surface area contributed by atoms with Gasteiger partial charge < -0.3 is 10.2 Å². The number of furan rings is 1. The van der Waals surface area contributed by atoms with Gasteiger partial charge in [0.1, 0.15) is 5.76 Å². The van der Waals surface area contributed by atoms with Crippen molar-refractivity contribution in [3.63, 3.8) is 0 Å². The van der Waals surface area contributed by atoms with E-state index in [1.165, 1.54) is 6.07 Å². The lowest BCUT2D eigenvalue weighted by molar-refractivity contribution is 0.493. The maximum absolute atomic E-state index is 13.1. The number of rotatable bonds is 1. The van der Waals surface area contributed by atoms with E-state index < -0.39 is 0 Å². The molecule has 2 nitrogen and oxygen atoms in total. The van der Waals surface area contributed by atoms with Gasteiger partial charge in [0.2, 0.25) is 0 Å². The number of benzene rings is 1. The molecule has 1 atom stereocenters. The van der Waals surface area contributed by atoms with Gasteiger partial charge in [0.05, 0.1) is 6.04 Å². The third-order valence-corrected chi connectivity index (χ3v) is 1.96. The summed E-state index contributed by atoms with van der Waals surface area (Å²) in [5.74, 6) is 0.268. The van der Waals surface area contributed by atoms with Crippen LogP contribution >= 0.6 is 0 Å². The standard InChI is InChI=1S/C10H10FNO/c1-6(12)9-5-7-3-2-4-8(11)10(7)13-9/h2-6H,12H2,1H3. The monoisotopic (exact) mass is 179 g/mol. The summed E-state index contributed by atoms with van der Waals surface area (Å²) in [4.78, 5) is 0. The van der Waals surface area contributed by atoms with Gasteiger partial charge in [-0.15, -0.1) is 0 Å². The summed E-state index contributed by atoms with van der Waals surface area (Å²) in [5.41, 5.74) is 5.90. The summed E-state index contributed by atoms with van der Waals surface area (Å²) in [6, 6.07) is 6.39. The van der Waals surface area contributed by atoms with Crippen molar-refractivity contribution in [1.82, 2.24) is 0 Å². The van der Waals surface area contributed by atoms with E-state index in [-0.39, 0.29) is 17.4 Å². The predicted octanol–water partition coefficient (Wildman–Crippen LogP) is 2.59. The van der Waals surface area contributed by atoms with Gasteiger partial charge in [-0.3, -0.25) is 0 Å². The molecule has 0 aliphatic rings. The van der Waals surface area contributed by atoms with E-state index in [4.69, 9.17) is 10.2 Å². The smallest absolute Gasteiger partial charge is 0.169 e. The number of halogens is 1. The molecule has 0 aliphatic carbocycles. The van der Waals surface area contributed by atoms with Crippen LogP contribution in [0.25, 0.3) is 11.0 Å². The number of nitrogens with two attached hydrogens (primary N) is 1. The number of hydrogen-bond acceptors (Lipinski definition) is 2. The summed E-state index contributed by atoms with van der Waals surface area (Å²) in [6.45, 7) is 1.80. The molecule has 1 aromatic carbocycles. The molecule has 2 aromatic rings. The Hall–Kier alpha value is -1.35. The van der Waals surface area contributed by atoms with Crippen LogP contribution < -0.4 is 5.73 Å². The fourth-order valence-electron chi connectivity index (χ4n) is 1.27. The lowest BCUT2D eigenvalue weighted by Crippen LogP contribution is -2.02. The highest BCUT2D eigenvalue weighted by Crippen LogP contribution is 2.24. The third-order valence-electron chi connectivity index (χ3n) is 1.96. The van der Waals surface area contributed by atoms with Gasteiger partial charge in [-0.25, -0.2) is 4.39 Å². The van der Waals surface area contributed by atoms with Crippen LogP contribution in [0.2, 0.25) is 0 Å². The predicted molar refractivity (Wildman–Crippen MR) is 48.8 cm³/mol. The van der Waals surface area contributed by atoms with Gasteiger partial charge in [0.15, 0.2) is 11.4 Å². The van der Waals surface area contributed by atoms with Gasteiger partial charge in [-0.05, 0) is 19.1 Å². The Labute approximate surface area is 75.1 Å². The Kier molecular flexibility index (Phi) is 1.81. The molecule has 0 bridgehead atoms. The summed E-state index contributed by atoms with van der Waals surface area (Å²) >= 11 is 0. The van der Waals surface area contributed by atoms with Crippen LogP contribution in [0.5, 0.6) is 0 Å². The van der Waals surface area contributed by atoms with E-state index >= 15 is 0 Å². The summed E-state index contributed by atoms with van der Waals surface area (Å²) in [6.07, 6.45) is 0. The van der Waals surface area contributed by atoms with Gasteiger partial charge in [-0.2, -0.15) is 0 Å². The van der Waals surface area contributed by atoms with Crippen LogP contribution in [-0.2, 0) is 0 Å². The van der Waals surface area contributed by atoms with E-state index in [0.29, 0.717) is 5.76 Å². The normalized spacial score (nSPS) is 13.5. The fraction of sp³-hybridized carbons (Fsp3) is 0.200. The lowest BCUT2D eigenvalue weighted by atomic mass is 10.2. The molecule has 2 N–H and O–H groups in total. The van der Waals surface area contributed by atoms with Crippen LogP contribution in [0.15, 0.2) is 28.7 Å². The molecule has 3 heteroatoms. The molecule has 0 saturated carbocycles. The maximum Gasteiger partial charge on any atom is 0.169 e. The fourth-order valence-corrected chi connectivity index (χ4v) is 1.27. The molecule has 0 saturated heterocycles. The Bertz CT molecular complexity index is 433. The highest BCUT2D eigenvalue weighted by Gasteiger charge is 2.09. The molecule has 0 aliphatic heterocycles. The highest BCUT2D eigenvalue weighted by molar-refractivity contribution is 5.78. The second-order valence-corrected chi connectivity index (χ2v) is 3.10. The van der Waals surface area contributed by atoms with Crippen molar-refractivity contribution < 1.29 is 8.81 Å². The second-order valence-electron chi connectivity index (χ2n) is 3.10. The van der Waals surface area contributed by atoms with Crippen molar-refractivity contribution in [3.8, 4) is 0 Å². The molecule has 13 heavy (non-hydrogen) atoms. The van der Waals surface area contributed by atoms with E-state index in [2.05, 4.69) is 0 Å². The molecule has 0 spiro atoms. The van der Waals surface area contributed by atoms with E-state index in [1.54, 1.807) is 25.1 Å². The molecule has 68 valence electrons. The lowest BCUT2D eigenvalue weighted by Gasteiger charge is -1.96. The Morgan fingerprint density at radius 3 is 2.85 bits per heavy atom. The summed E-state index contributed by atoms with van der Waals surface area (Å²) in [5, 5.41) is 0.757. The third kappa shape index (κ3) is 1.31. The zero-order chi connectivity index (χ0) is 9.42. The average Bonchev–Trinajstić information content (AvgIpc) is 2.49. The first kappa shape index (κ1) is 8.26. The minimum atomic E-state index is -0.343. The van der Waals surface area contributed by atoms with E-state index in [0.717, 1.165) is 5.39 Å². The first-order valence-electron chi connectivity index (χ1n) is 4.12. The largest absolute Gasteiger partial charge is 0.456 e. The van der Waals surface area contributed by atoms with Crippen LogP contribution in [0.3, 0.4) is 0 Å². The molecular weight excluding hydrogens is 169 g/mol. The summed E-state index contributed by atoms with van der Waals surface area (Å²) in [7, 11) is 0. The Morgan fingerprint density at radius 1 is 1.46 bits per heavy atom. The number of para-hydroxylation sites is 1. The molecule has 0 radical (unpaired) electrons. The molecule has 1 unspecified atom stereocenters. The molecule has 2 rings (SSSR count). The van der Waals surface area contributed by atoms with Crippen molar-refractivity contribution in [3.05, 3.63) is 35.8 Å². The molecular formula is C10H10FNO. The molecule has 1 aromatic heterocycles. The van der Waals surface area contributed by atoms with E-state index in [9.17, 15) is 4.39 Å². The quantitative estimate of drug-likeness (QED) is 0.730. The summed E-state index contributed by atoms with van der Waals surface area (Å²) < 4.78 is 18.4. The van der Waals surface area contributed by atoms with Crippen molar-refractivity contribution in [2.45, 2.75) is 13.0 Å². The molecule has 0 fully saturated rings. The van der Waals surface area contributed by atoms with Crippen LogP contribution in [-0.4, -0.2) is 0 Å².